The molecule has 0 radical (unpaired) electrons. The first-order valence-electron chi connectivity index (χ1n) is 4.20. The highest BCUT2D eigenvalue weighted by atomic mass is 19.4. The van der Waals surface area contributed by atoms with Gasteiger partial charge in [0.05, 0.1) is 6.10 Å². The van der Waals surface area contributed by atoms with Crippen LogP contribution >= 0.6 is 0 Å². The van der Waals surface area contributed by atoms with Crippen LogP contribution in [0.3, 0.4) is 0 Å². The fourth-order valence-corrected chi connectivity index (χ4v) is 0.888. The minimum Gasteiger partial charge on any atom is -0.393 e. The van der Waals surface area contributed by atoms with Gasteiger partial charge in [0.25, 0.3) is 0 Å². The van der Waals surface area contributed by atoms with Crippen LogP contribution in [0.2, 0.25) is 0 Å². The Bertz CT molecular complexity index is 163. The van der Waals surface area contributed by atoms with E-state index < -0.39 is 18.7 Å². The standard InChI is InChI=1S/C9H15F3O/c1-7(2)3-4-8(13)5-6-9(10,11)12/h8,13H,1,3-6H2,2H3. The molecule has 0 heterocycles. The molecule has 0 saturated heterocycles. The van der Waals surface area contributed by atoms with E-state index in [0.717, 1.165) is 5.57 Å². The smallest absolute Gasteiger partial charge is 0.389 e. The number of allylic oxidation sites excluding steroid dienone is 1. The van der Waals surface area contributed by atoms with Crippen molar-refractivity contribution in [3.63, 3.8) is 0 Å². The Morgan fingerprint density at radius 2 is 1.92 bits per heavy atom. The summed E-state index contributed by atoms with van der Waals surface area (Å²) in [6.45, 7) is 5.39. The van der Waals surface area contributed by atoms with Crippen molar-refractivity contribution < 1.29 is 18.3 Å². The summed E-state index contributed by atoms with van der Waals surface area (Å²) < 4.78 is 35.1. The molecule has 0 aliphatic heterocycles. The van der Waals surface area contributed by atoms with Gasteiger partial charge in [-0.05, 0) is 26.2 Å². The van der Waals surface area contributed by atoms with Crippen LogP contribution in [-0.4, -0.2) is 17.4 Å². The second-order valence-electron chi connectivity index (χ2n) is 3.30. The van der Waals surface area contributed by atoms with Gasteiger partial charge in [0, 0.05) is 6.42 Å². The van der Waals surface area contributed by atoms with Crippen molar-refractivity contribution in [1.29, 1.82) is 0 Å². The van der Waals surface area contributed by atoms with Crippen molar-refractivity contribution in [3.05, 3.63) is 12.2 Å². The summed E-state index contributed by atoms with van der Waals surface area (Å²) in [5.74, 6) is 0. The number of hydrogen-bond donors (Lipinski definition) is 1. The maximum Gasteiger partial charge on any atom is 0.389 e. The third-order valence-corrected chi connectivity index (χ3v) is 1.67. The third kappa shape index (κ3) is 9.40. The fraction of sp³-hybridized carbons (Fsp3) is 0.778. The average Bonchev–Trinajstić information content (AvgIpc) is 1.95. The van der Waals surface area contributed by atoms with Crippen LogP contribution in [0.5, 0.6) is 0 Å². The van der Waals surface area contributed by atoms with Gasteiger partial charge in [-0.2, -0.15) is 13.2 Å². The zero-order valence-corrected chi connectivity index (χ0v) is 7.69. The lowest BCUT2D eigenvalue weighted by atomic mass is 10.1. The number of aliphatic hydroxyl groups excluding tert-OH is 1. The molecule has 1 N–H and O–H groups in total. The van der Waals surface area contributed by atoms with Crippen molar-refractivity contribution in [2.24, 2.45) is 0 Å². The molecule has 0 aliphatic carbocycles. The largest absolute Gasteiger partial charge is 0.393 e. The van der Waals surface area contributed by atoms with Crippen LogP contribution in [0, 0.1) is 0 Å². The summed E-state index contributed by atoms with van der Waals surface area (Å²) >= 11 is 0. The molecule has 0 aromatic heterocycles. The van der Waals surface area contributed by atoms with Crippen molar-refractivity contribution in [2.75, 3.05) is 0 Å². The first kappa shape index (κ1) is 12.5. The molecule has 13 heavy (non-hydrogen) atoms. The zero-order valence-electron chi connectivity index (χ0n) is 7.69. The molecule has 0 rings (SSSR count). The van der Waals surface area contributed by atoms with Gasteiger partial charge in [0.1, 0.15) is 0 Å². The number of halogens is 3. The Hall–Kier alpha value is -0.510. The lowest BCUT2D eigenvalue weighted by molar-refractivity contribution is -0.140. The van der Waals surface area contributed by atoms with Crippen LogP contribution in [0.15, 0.2) is 12.2 Å². The molecular weight excluding hydrogens is 181 g/mol. The summed E-state index contributed by atoms with van der Waals surface area (Å²) in [6.07, 6.45) is -5.20. The van der Waals surface area contributed by atoms with Gasteiger partial charge in [0.15, 0.2) is 0 Å². The normalized spacial score (nSPS) is 14.2. The molecule has 0 aromatic rings. The second kappa shape index (κ2) is 5.27. The highest BCUT2D eigenvalue weighted by molar-refractivity contribution is 4.88. The highest BCUT2D eigenvalue weighted by Gasteiger charge is 2.27. The van der Waals surface area contributed by atoms with E-state index in [4.69, 9.17) is 5.11 Å². The summed E-state index contributed by atoms with van der Waals surface area (Å²) in [5.41, 5.74) is 0.881. The quantitative estimate of drug-likeness (QED) is 0.670. The molecule has 0 amide bonds. The molecule has 78 valence electrons. The average molecular weight is 196 g/mol. The first-order chi connectivity index (χ1) is 5.81. The molecule has 0 aliphatic rings. The van der Waals surface area contributed by atoms with Gasteiger partial charge in [-0.1, -0.05) is 5.57 Å². The van der Waals surface area contributed by atoms with Gasteiger partial charge in [-0.25, -0.2) is 0 Å². The Morgan fingerprint density at radius 1 is 1.38 bits per heavy atom. The summed E-state index contributed by atoms with van der Waals surface area (Å²) in [4.78, 5) is 0. The molecule has 4 heteroatoms. The first-order valence-corrected chi connectivity index (χ1v) is 4.20. The van der Waals surface area contributed by atoms with Crippen molar-refractivity contribution in [1.82, 2.24) is 0 Å². The van der Waals surface area contributed by atoms with E-state index in [-0.39, 0.29) is 6.42 Å². The van der Waals surface area contributed by atoms with Crippen molar-refractivity contribution in [2.45, 2.75) is 44.9 Å². The lowest BCUT2D eigenvalue weighted by Crippen LogP contribution is -2.14. The van der Waals surface area contributed by atoms with Gasteiger partial charge in [0.2, 0.25) is 0 Å². The van der Waals surface area contributed by atoms with Crippen LogP contribution in [-0.2, 0) is 0 Å². The number of alkyl halides is 3. The van der Waals surface area contributed by atoms with E-state index >= 15 is 0 Å². The Kier molecular flexibility index (Phi) is 5.06. The number of aliphatic hydroxyl groups is 1. The Morgan fingerprint density at radius 3 is 2.31 bits per heavy atom. The minimum absolute atomic E-state index is 0.212. The van der Waals surface area contributed by atoms with E-state index in [1.54, 1.807) is 6.92 Å². The van der Waals surface area contributed by atoms with Gasteiger partial charge in [-0.15, -0.1) is 6.58 Å². The maximum absolute atomic E-state index is 11.7. The Labute approximate surface area is 76.3 Å². The monoisotopic (exact) mass is 196 g/mol. The zero-order chi connectivity index (χ0) is 10.5. The van der Waals surface area contributed by atoms with Crippen LogP contribution in [0.25, 0.3) is 0 Å². The van der Waals surface area contributed by atoms with E-state index in [0.29, 0.717) is 12.8 Å². The topological polar surface area (TPSA) is 20.2 Å². The molecule has 0 saturated carbocycles. The highest BCUT2D eigenvalue weighted by Crippen LogP contribution is 2.23. The summed E-state index contributed by atoms with van der Waals surface area (Å²) in [7, 11) is 0. The molecule has 0 bridgehead atoms. The maximum atomic E-state index is 11.7. The SMILES string of the molecule is C=C(C)CCC(O)CCC(F)(F)F. The van der Waals surface area contributed by atoms with Crippen LogP contribution in [0.1, 0.15) is 32.6 Å². The van der Waals surface area contributed by atoms with E-state index in [1.165, 1.54) is 0 Å². The van der Waals surface area contributed by atoms with Gasteiger partial charge >= 0.3 is 6.18 Å². The minimum atomic E-state index is -4.16. The third-order valence-electron chi connectivity index (χ3n) is 1.67. The molecule has 0 spiro atoms. The van der Waals surface area contributed by atoms with E-state index in [9.17, 15) is 13.2 Å². The van der Waals surface area contributed by atoms with E-state index in [2.05, 4.69) is 6.58 Å². The number of hydrogen-bond acceptors (Lipinski definition) is 1. The van der Waals surface area contributed by atoms with E-state index in [1.807, 2.05) is 0 Å². The predicted molar refractivity (Wildman–Crippen MR) is 45.3 cm³/mol. The van der Waals surface area contributed by atoms with Gasteiger partial charge in [-0.3, -0.25) is 0 Å². The van der Waals surface area contributed by atoms with Gasteiger partial charge < -0.3 is 5.11 Å². The molecule has 1 nitrogen and oxygen atoms in total. The fourth-order valence-electron chi connectivity index (χ4n) is 0.888. The van der Waals surface area contributed by atoms with Crippen LogP contribution < -0.4 is 0 Å². The molecule has 0 fully saturated rings. The van der Waals surface area contributed by atoms with Crippen molar-refractivity contribution in [3.8, 4) is 0 Å². The molecular formula is C9H15F3O. The molecule has 1 unspecified atom stereocenters. The van der Waals surface area contributed by atoms with Crippen molar-refractivity contribution >= 4 is 0 Å². The predicted octanol–water partition coefficient (Wildman–Crippen LogP) is 3.05. The summed E-state index contributed by atoms with van der Waals surface area (Å²) in [6, 6.07) is 0. The lowest BCUT2D eigenvalue weighted by Gasteiger charge is -2.11. The molecule has 1 atom stereocenters. The second-order valence-corrected chi connectivity index (χ2v) is 3.30. The number of rotatable bonds is 5. The summed E-state index contributed by atoms with van der Waals surface area (Å²) in [5, 5.41) is 9.12. The molecule has 0 aromatic carbocycles. The Balaban J connectivity index is 3.52. The van der Waals surface area contributed by atoms with Crippen LogP contribution in [0.4, 0.5) is 13.2 Å².